The minimum atomic E-state index is -2.01. The van der Waals surface area contributed by atoms with Gasteiger partial charge in [0, 0.05) is 30.4 Å². The second-order valence-electron chi connectivity index (χ2n) is 4.50. The van der Waals surface area contributed by atoms with E-state index in [0.717, 1.165) is 10.9 Å². The molecule has 2 aromatic heterocycles. The number of nitrogens with one attached hydrogen (secondary N) is 2. The second-order valence-corrected chi connectivity index (χ2v) is 5.77. The highest BCUT2D eigenvalue weighted by Gasteiger charge is 2.15. The van der Waals surface area contributed by atoms with Crippen molar-refractivity contribution >= 4 is 22.0 Å². The number of halogens is 3. The Hall–Kier alpha value is -2.19. The molecule has 2 heterocycles. The lowest BCUT2D eigenvalue weighted by molar-refractivity contribution is 0.484. The van der Waals surface area contributed by atoms with Crippen LogP contribution in [-0.2, 0) is 17.5 Å². The Bertz CT molecular complexity index is 866. The maximum atomic E-state index is 13.5. The van der Waals surface area contributed by atoms with Crippen LogP contribution in [0.5, 0.6) is 0 Å². The molecule has 22 heavy (non-hydrogen) atoms. The molecule has 1 atom stereocenters. The molecular weight excluding hydrogens is 315 g/mol. The molecule has 0 amide bonds. The number of aromatic nitrogens is 2. The molecule has 8 heteroatoms. The van der Waals surface area contributed by atoms with E-state index in [2.05, 4.69) is 14.7 Å². The number of aromatic amines is 1. The highest BCUT2D eigenvalue weighted by molar-refractivity contribution is 7.83. The van der Waals surface area contributed by atoms with Gasteiger partial charge in [0.2, 0.25) is 0 Å². The molecule has 3 rings (SSSR count). The molecule has 1 unspecified atom stereocenters. The Balaban J connectivity index is 1.79. The lowest BCUT2D eigenvalue weighted by Gasteiger charge is -2.06. The average molecular weight is 325 g/mol. The number of pyridine rings is 1. The first-order valence-corrected chi connectivity index (χ1v) is 7.42. The normalized spacial score (nSPS) is 12.7. The number of rotatable bonds is 4. The maximum absolute atomic E-state index is 13.5. The third-order valence-electron chi connectivity index (χ3n) is 3.11. The smallest absolute Gasteiger partial charge is 0.161 e. The van der Waals surface area contributed by atoms with Crippen LogP contribution in [0.1, 0.15) is 5.56 Å². The molecule has 0 bridgehead atoms. The zero-order valence-corrected chi connectivity index (χ0v) is 11.9. The predicted octanol–water partition coefficient (Wildman–Crippen LogP) is 2.79. The molecule has 0 saturated carbocycles. The van der Waals surface area contributed by atoms with Gasteiger partial charge in [0.15, 0.2) is 11.6 Å². The van der Waals surface area contributed by atoms with Gasteiger partial charge < -0.3 is 4.98 Å². The molecule has 0 aliphatic carbocycles. The quantitative estimate of drug-likeness (QED) is 0.725. The summed E-state index contributed by atoms with van der Waals surface area (Å²) in [4.78, 5) is 6.62. The number of benzene rings is 1. The summed E-state index contributed by atoms with van der Waals surface area (Å²) in [6.45, 7) is 0.150. The minimum Gasteiger partial charge on any atom is -0.346 e. The van der Waals surface area contributed by atoms with Gasteiger partial charge in [0.25, 0.3) is 0 Å². The molecule has 114 valence electrons. The number of hydrogen-bond donors (Lipinski definition) is 2. The van der Waals surface area contributed by atoms with Gasteiger partial charge in [0.05, 0.1) is 4.90 Å². The number of H-pyrrole nitrogens is 1. The molecule has 0 fully saturated rings. The first-order chi connectivity index (χ1) is 10.6. The molecule has 0 aliphatic rings. The maximum Gasteiger partial charge on any atom is 0.161 e. The van der Waals surface area contributed by atoms with Crippen molar-refractivity contribution in [3.8, 4) is 0 Å². The summed E-state index contributed by atoms with van der Waals surface area (Å²) in [5, 5.41) is 0.831. The van der Waals surface area contributed by atoms with Crippen molar-refractivity contribution in [2.24, 2.45) is 0 Å². The fraction of sp³-hybridized carbons (Fsp3) is 0.0714. The van der Waals surface area contributed by atoms with Crippen molar-refractivity contribution in [1.82, 2.24) is 14.7 Å². The van der Waals surface area contributed by atoms with Crippen LogP contribution in [0.4, 0.5) is 13.2 Å². The zero-order valence-electron chi connectivity index (χ0n) is 11.1. The van der Waals surface area contributed by atoms with E-state index in [0.29, 0.717) is 17.8 Å². The number of nitrogens with zero attached hydrogens (tertiary/aromatic N) is 1. The zero-order chi connectivity index (χ0) is 15.7. The van der Waals surface area contributed by atoms with Crippen LogP contribution >= 0.6 is 0 Å². The summed E-state index contributed by atoms with van der Waals surface area (Å²) in [5.74, 6) is -3.63. The highest BCUT2D eigenvalue weighted by atomic mass is 32.2. The monoisotopic (exact) mass is 325 g/mol. The highest BCUT2D eigenvalue weighted by Crippen LogP contribution is 2.18. The van der Waals surface area contributed by atoms with Gasteiger partial charge in [-0.25, -0.2) is 27.1 Å². The summed E-state index contributed by atoms with van der Waals surface area (Å²) in [6, 6.07) is 4.55. The van der Waals surface area contributed by atoms with E-state index in [9.17, 15) is 17.4 Å². The van der Waals surface area contributed by atoms with E-state index >= 15 is 0 Å². The first-order valence-electron chi connectivity index (χ1n) is 6.27. The van der Waals surface area contributed by atoms with Crippen LogP contribution in [0.15, 0.2) is 41.6 Å². The van der Waals surface area contributed by atoms with E-state index in [-0.39, 0.29) is 6.54 Å². The van der Waals surface area contributed by atoms with Gasteiger partial charge in [-0.15, -0.1) is 0 Å². The van der Waals surface area contributed by atoms with Crippen molar-refractivity contribution in [2.75, 3.05) is 0 Å². The minimum absolute atomic E-state index is 0.150. The van der Waals surface area contributed by atoms with E-state index in [4.69, 9.17) is 0 Å². The van der Waals surface area contributed by atoms with Crippen LogP contribution in [0.3, 0.4) is 0 Å². The van der Waals surface area contributed by atoms with E-state index in [1.54, 1.807) is 18.5 Å². The van der Waals surface area contributed by atoms with Crippen molar-refractivity contribution in [3.63, 3.8) is 0 Å². The molecule has 0 spiro atoms. The molecule has 4 nitrogen and oxygen atoms in total. The lowest BCUT2D eigenvalue weighted by atomic mass is 10.2. The molecule has 1 aromatic carbocycles. The van der Waals surface area contributed by atoms with Gasteiger partial charge in [-0.1, -0.05) is 0 Å². The number of fused-ring (bicyclic) bond motifs is 1. The molecular formula is C14H10F3N3OS. The second kappa shape index (κ2) is 5.90. The van der Waals surface area contributed by atoms with E-state index in [1.165, 1.54) is 0 Å². The van der Waals surface area contributed by atoms with E-state index in [1.807, 2.05) is 6.07 Å². The van der Waals surface area contributed by atoms with Crippen molar-refractivity contribution in [2.45, 2.75) is 11.4 Å². The van der Waals surface area contributed by atoms with Crippen LogP contribution in [-0.4, -0.2) is 14.2 Å². The molecule has 0 saturated heterocycles. The predicted molar refractivity (Wildman–Crippen MR) is 75.7 cm³/mol. The third kappa shape index (κ3) is 2.75. The van der Waals surface area contributed by atoms with Crippen molar-refractivity contribution < 1.29 is 17.4 Å². The summed E-state index contributed by atoms with van der Waals surface area (Å²) in [5.41, 5.74) is 1.45. The standard InChI is InChI=1S/C14H10F3N3OS/c15-10-4-12(17)13(5-11(10)16)22(21)20-7-8-6-19-14-9(8)2-1-3-18-14/h1-6,20H,7H2,(H,18,19). The topological polar surface area (TPSA) is 57.8 Å². The van der Waals surface area contributed by atoms with Crippen molar-refractivity contribution in [3.05, 3.63) is 59.7 Å². The van der Waals surface area contributed by atoms with Crippen LogP contribution in [0, 0.1) is 17.5 Å². The molecule has 3 aromatic rings. The Morgan fingerprint density at radius 2 is 1.95 bits per heavy atom. The number of hydrogen-bond acceptors (Lipinski definition) is 2. The third-order valence-corrected chi connectivity index (χ3v) is 4.22. The van der Waals surface area contributed by atoms with Crippen LogP contribution < -0.4 is 4.72 Å². The van der Waals surface area contributed by atoms with Crippen LogP contribution in [0.25, 0.3) is 11.0 Å². The van der Waals surface area contributed by atoms with Gasteiger partial charge in [0.1, 0.15) is 22.5 Å². The Labute approximate surface area is 126 Å². The van der Waals surface area contributed by atoms with Gasteiger partial charge in [-0.3, -0.25) is 0 Å². The molecule has 0 aliphatic heterocycles. The Morgan fingerprint density at radius 1 is 1.18 bits per heavy atom. The Morgan fingerprint density at radius 3 is 2.77 bits per heavy atom. The van der Waals surface area contributed by atoms with Gasteiger partial charge in [-0.05, 0) is 23.8 Å². The summed E-state index contributed by atoms with van der Waals surface area (Å²) in [6.07, 6.45) is 3.31. The van der Waals surface area contributed by atoms with Crippen molar-refractivity contribution in [1.29, 1.82) is 0 Å². The summed E-state index contributed by atoms with van der Waals surface area (Å²) >= 11 is 0. The fourth-order valence-corrected chi connectivity index (χ4v) is 2.92. The van der Waals surface area contributed by atoms with Gasteiger partial charge in [-0.2, -0.15) is 0 Å². The van der Waals surface area contributed by atoms with Gasteiger partial charge >= 0.3 is 0 Å². The molecule has 0 radical (unpaired) electrons. The first kappa shape index (κ1) is 14.7. The largest absolute Gasteiger partial charge is 0.346 e. The fourth-order valence-electron chi connectivity index (χ4n) is 2.03. The van der Waals surface area contributed by atoms with E-state index < -0.39 is 33.3 Å². The summed E-state index contributed by atoms with van der Waals surface area (Å²) in [7, 11) is -2.01. The SMILES string of the molecule is O=S(NCc1c[nH]c2ncccc12)c1cc(F)c(F)cc1F. The van der Waals surface area contributed by atoms with Crippen LogP contribution in [0.2, 0.25) is 0 Å². The Kier molecular flexibility index (Phi) is 3.95. The summed E-state index contributed by atoms with van der Waals surface area (Å²) < 4.78 is 54.1. The molecule has 2 N–H and O–H groups in total. The average Bonchev–Trinajstić information content (AvgIpc) is 2.92. The lowest BCUT2D eigenvalue weighted by Crippen LogP contribution is -2.18.